The minimum absolute atomic E-state index is 0.600. The molecule has 4 nitrogen and oxygen atoms in total. The van der Waals surface area contributed by atoms with Crippen molar-refractivity contribution in [1.82, 2.24) is 9.88 Å². The maximum atomic E-state index is 10.9. The molecule has 0 bridgehead atoms. The lowest BCUT2D eigenvalue weighted by Crippen LogP contribution is -2.41. The molecule has 2 fully saturated rings. The summed E-state index contributed by atoms with van der Waals surface area (Å²) in [5.74, 6) is 0.600. The number of hydrogen-bond donors (Lipinski definition) is 1. The van der Waals surface area contributed by atoms with Crippen molar-refractivity contribution in [3.8, 4) is 5.88 Å². The number of hydrogen-bond acceptors (Lipinski definition) is 4. The van der Waals surface area contributed by atoms with Crippen molar-refractivity contribution < 1.29 is 9.84 Å². The van der Waals surface area contributed by atoms with Gasteiger partial charge in [0.2, 0.25) is 5.88 Å². The maximum absolute atomic E-state index is 10.9. The average molecular weight is 276 g/mol. The van der Waals surface area contributed by atoms with Gasteiger partial charge in [-0.15, -0.1) is 0 Å². The van der Waals surface area contributed by atoms with Crippen molar-refractivity contribution in [3.05, 3.63) is 23.9 Å². The van der Waals surface area contributed by atoms with Gasteiger partial charge in [0.05, 0.1) is 12.7 Å². The molecular formula is C16H24N2O2. The molecule has 1 aromatic heterocycles. The summed E-state index contributed by atoms with van der Waals surface area (Å²) in [6, 6.07) is 4.45. The van der Waals surface area contributed by atoms with Crippen LogP contribution in [0.3, 0.4) is 0 Å². The molecule has 2 heterocycles. The van der Waals surface area contributed by atoms with Crippen LogP contribution < -0.4 is 4.74 Å². The van der Waals surface area contributed by atoms with E-state index in [0.29, 0.717) is 11.9 Å². The summed E-state index contributed by atoms with van der Waals surface area (Å²) in [4.78, 5) is 6.82. The van der Waals surface area contributed by atoms with Crippen molar-refractivity contribution in [1.29, 1.82) is 0 Å². The summed E-state index contributed by atoms with van der Waals surface area (Å²) in [5.41, 5.74) is 0.230. The van der Waals surface area contributed by atoms with Crippen LogP contribution in [0.5, 0.6) is 5.88 Å². The average Bonchev–Trinajstić information content (AvgIpc) is 3.02. The fourth-order valence-electron chi connectivity index (χ4n) is 3.62. The molecule has 110 valence electrons. The fraction of sp³-hybridized carbons (Fsp3) is 0.688. The SMILES string of the molecule is COc1ccc([C@]2(O)CC[C@@H](N3CCCC3)CC2)cn1. The predicted molar refractivity (Wildman–Crippen MR) is 77.7 cm³/mol. The third-order valence-electron chi connectivity index (χ3n) is 4.92. The van der Waals surface area contributed by atoms with Crippen LogP contribution >= 0.6 is 0 Å². The second kappa shape index (κ2) is 5.70. The van der Waals surface area contributed by atoms with Gasteiger partial charge in [0.1, 0.15) is 0 Å². The van der Waals surface area contributed by atoms with Gasteiger partial charge in [-0.25, -0.2) is 4.98 Å². The van der Waals surface area contributed by atoms with E-state index in [1.807, 2.05) is 12.1 Å². The maximum Gasteiger partial charge on any atom is 0.212 e. The zero-order valence-electron chi connectivity index (χ0n) is 12.2. The van der Waals surface area contributed by atoms with E-state index >= 15 is 0 Å². The van der Waals surface area contributed by atoms with Gasteiger partial charge in [0, 0.05) is 23.9 Å². The van der Waals surface area contributed by atoms with E-state index in [2.05, 4.69) is 9.88 Å². The highest BCUT2D eigenvalue weighted by Gasteiger charge is 2.37. The Hall–Kier alpha value is -1.13. The molecule has 4 heteroatoms. The third kappa shape index (κ3) is 2.67. The van der Waals surface area contributed by atoms with Gasteiger partial charge >= 0.3 is 0 Å². The van der Waals surface area contributed by atoms with Gasteiger partial charge in [0.25, 0.3) is 0 Å². The van der Waals surface area contributed by atoms with E-state index in [4.69, 9.17) is 4.74 Å². The lowest BCUT2D eigenvalue weighted by atomic mass is 9.78. The van der Waals surface area contributed by atoms with Crippen molar-refractivity contribution in [2.24, 2.45) is 0 Å². The van der Waals surface area contributed by atoms with Gasteiger partial charge in [-0.1, -0.05) is 0 Å². The number of ether oxygens (including phenoxy) is 1. The third-order valence-corrected chi connectivity index (χ3v) is 4.92. The van der Waals surface area contributed by atoms with Crippen LogP contribution in [0.2, 0.25) is 0 Å². The van der Waals surface area contributed by atoms with Crippen LogP contribution in [0.4, 0.5) is 0 Å². The Morgan fingerprint density at radius 1 is 1.25 bits per heavy atom. The number of pyridine rings is 1. The smallest absolute Gasteiger partial charge is 0.212 e. The van der Waals surface area contributed by atoms with E-state index in [9.17, 15) is 5.11 Å². The van der Waals surface area contributed by atoms with Crippen molar-refractivity contribution in [2.45, 2.75) is 50.2 Å². The van der Waals surface area contributed by atoms with Crippen LogP contribution in [0.1, 0.15) is 44.1 Å². The normalized spacial score (nSPS) is 31.4. The standard InChI is InChI=1S/C16H24N2O2/c1-20-15-5-4-13(12-17-15)16(19)8-6-14(7-9-16)18-10-2-3-11-18/h4-5,12,14,19H,2-3,6-11H2,1H3/t14-,16+. The second-order valence-corrected chi connectivity index (χ2v) is 6.10. The number of aromatic nitrogens is 1. The minimum Gasteiger partial charge on any atom is -0.481 e. The summed E-state index contributed by atoms with van der Waals surface area (Å²) >= 11 is 0. The molecule has 0 aromatic carbocycles. The molecule has 3 rings (SSSR count). The molecule has 0 atom stereocenters. The fourth-order valence-corrected chi connectivity index (χ4v) is 3.62. The number of likely N-dealkylation sites (tertiary alicyclic amines) is 1. The summed E-state index contributed by atoms with van der Waals surface area (Å²) in [7, 11) is 1.61. The lowest BCUT2D eigenvalue weighted by Gasteiger charge is -2.39. The van der Waals surface area contributed by atoms with Crippen LogP contribution in [0.15, 0.2) is 18.3 Å². The van der Waals surface area contributed by atoms with Crippen LogP contribution in [0, 0.1) is 0 Å². The van der Waals surface area contributed by atoms with Crippen molar-refractivity contribution in [2.75, 3.05) is 20.2 Å². The highest BCUT2D eigenvalue weighted by molar-refractivity contribution is 5.24. The van der Waals surface area contributed by atoms with Crippen LogP contribution in [0.25, 0.3) is 0 Å². The molecule has 1 aliphatic carbocycles. The van der Waals surface area contributed by atoms with Gasteiger partial charge in [-0.2, -0.15) is 0 Å². The van der Waals surface area contributed by atoms with E-state index in [-0.39, 0.29) is 0 Å². The largest absolute Gasteiger partial charge is 0.481 e. The molecule has 20 heavy (non-hydrogen) atoms. The van der Waals surface area contributed by atoms with Gasteiger partial charge in [0.15, 0.2) is 0 Å². The van der Waals surface area contributed by atoms with Gasteiger partial charge in [-0.3, -0.25) is 0 Å². The molecule has 0 spiro atoms. The van der Waals surface area contributed by atoms with Gasteiger partial charge < -0.3 is 14.7 Å². The second-order valence-electron chi connectivity index (χ2n) is 6.10. The Labute approximate surface area is 120 Å². The van der Waals surface area contributed by atoms with E-state index < -0.39 is 5.60 Å². The Balaban J connectivity index is 1.65. The van der Waals surface area contributed by atoms with Crippen LogP contribution in [-0.4, -0.2) is 41.2 Å². The summed E-state index contributed by atoms with van der Waals surface area (Å²) in [5, 5.41) is 10.9. The Morgan fingerprint density at radius 3 is 2.50 bits per heavy atom. The first kappa shape index (κ1) is 13.8. The summed E-state index contributed by atoms with van der Waals surface area (Å²) in [6.07, 6.45) is 8.27. The zero-order valence-corrected chi connectivity index (χ0v) is 12.2. The molecule has 0 amide bonds. The number of nitrogens with zero attached hydrogens (tertiary/aromatic N) is 2. The quantitative estimate of drug-likeness (QED) is 0.920. The van der Waals surface area contributed by atoms with Gasteiger partial charge in [-0.05, 0) is 57.7 Å². The number of rotatable bonds is 3. The molecule has 0 radical (unpaired) electrons. The lowest BCUT2D eigenvalue weighted by molar-refractivity contribution is -0.0224. The van der Waals surface area contributed by atoms with E-state index in [1.165, 1.54) is 25.9 Å². The molecule has 1 saturated heterocycles. The molecular weight excluding hydrogens is 252 g/mol. The molecule has 0 unspecified atom stereocenters. The Bertz CT molecular complexity index is 432. The minimum atomic E-state index is -0.699. The predicted octanol–water partition coefficient (Wildman–Crippen LogP) is 2.32. The first-order valence-corrected chi connectivity index (χ1v) is 7.68. The number of aliphatic hydroxyl groups is 1. The zero-order chi connectivity index (χ0) is 14.0. The molecule has 1 aliphatic heterocycles. The molecule has 1 saturated carbocycles. The molecule has 2 aliphatic rings. The van der Waals surface area contributed by atoms with Crippen LogP contribution in [-0.2, 0) is 5.60 Å². The number of methoxy groups -OCH3 is 1. The van der Waals surface area contributed by atoms with E-state index in [0.717, 1.165) is 31.2 Å². The highest BCUT2D eigenvalue weighted by Crippen LogP contribution is 2.39. The first-order chi connectivity index (χ1) is 9.71. The Morgan fingerprint density at radius 2 is 1.95 bits per heavy atom. The highest BCUT2D eigenvalue weighted by atomic mass is 16.5. The Kier molecular flexibility index (Phi) is 3.94. The molecule has 1 aromatic rings. The molecule has 1 N–H and O–H groups in total. The topological polar surface area (TPSA) is 45.6 Å². The van der Waals surface area contributed by atoms with Crippen molar-refractivity contribution in [3.63, 3.8) is 0 Å². The monoisotopic (exact) mass is 276 g/mol. The van der Waals surface area contributed by atoms with Crippen molar-refractivity contribution >= 4 is 0 Å². The summed E-state index contributed by atoms with van der Waals surface area (Å²) < 4.78 is 5.07. The summed E-state index contributed by atoms with van der Waals surface area (Å²) in [6.45, 7) is 2.49. The van der Waals surface area contributed by atoms with E-state index in [1.54, 1.807) is 13.3 Å². The first-order valence-electron chi connectivity index (χ1n) is 7.68.